The van der Waals surface area contributed by atoms with Crippen LogP contribution in [0.1, 0.15) is 24.8 Å². The molecule has 1 aromatic carbocycles. The minimum atomic E-state index is -0.183. The van der Waals surface area contributed by atoms with Gasteiger partial charge in [0.2, 0.25) is 5.91 Å². The minimum Gasteiger partial charge on any atom is -0.372 e. The first-order chi connectivity index (χ1) is 12.0. The van der Waals surface area contributed by atoms with Crippen molar-refractivity contribution in [2.45, 2.75) is 37.5 Å². The van der Waals surface area contributed by atoms with Crippen molar-refractivity contribution in [1.29, 1.82) is 0 Å². The molecule has 2 aliphatic heterocycles. The fraction of sp³-hybridized carbons (Fsp3) is 0.632. The van der Waals surface area contributed by atoms with E-state index in [1.165, 1.54) is 11.0 Å². The van der Waals surface area contributed by atoms with E-state index in [0.29, 0.717) is 6.61 Å². The highest BCUT2D eigenvalue weighted by atomic mass is 19.1. The topological polar surface area (TPSA) is 42.0 Å². The van der Waals surface area contributed by atoms with Gasteiger partial charge in [-0.15, -0.1) is 0 Å². The minimum absolute atomic E-state index is 0.00123. The fourth-order valence-electron chi connectivity index (χ4n) is 3.59. The standard InChI is InChI=1S/C19H27FN2O3/c1-21(2)18(23)14-24-17-11-19(25-13-17)6-8-22(9-7-19)12-15-4-3-5-16(20)10-15/h3-5,10,17H,6-9,11-14H2,1-2H3. The Kier molecular flexibility index (Phi) is 5.71. The zero-order valence-corrected chi connectivity index (χ0v) is 15.0. The number of carbonyl (C=O) groups is 1. The van der Waals surface area contributed by atoms with Crippen LogP contribution >= 0.6 is 0 Å². The number of likely N-dealkylation sites (N-methyl/N-ethyl adjacent to an activating group) is 1. The molecule has 0 saturated carbocycles. The van der Waals surface area contributed by atoms with Crippen LogP contribution in [-0.2, 0) is 20.8 Å². The summed E-state index contributed by atoms with van der Waals surface area (Å²) in [5.74, 6) is -0.205. The SMILES string of the molecule is CN(C)C(=O)COC1COC2(CCN(Cc3cccc(F)c3)CC2)C1. The third-order valence-electron chi connectivity index (χ3n) is 5.18. The Hall–Kier alpha value is -1.50. The van der Waals surface area contributed by atoms with Crippen molar-refractivity contribution in [2.24, 2.45) is 0 Å². The first-order valence-electron chi connectivity index (χ1n) is 8.88. The molecule has 6 heteroatoms. The van der Waals surface area contributed by atoms with Gasteiger partial charge in [0.25, 0.3) is 0 Å². The van der Waals surface area contributed by atoms with Crippen molar-refractivity contribution in [3.8, 4) is 0 Å². The van der Waals surface area contributed by atoms with Gasteiger partial charge in [0.1, 0.15) is 12.4 Å². The normalized spacial score (nSPS) is 23.1. The lowest BCUT2D eigenvalue weighted by Crippen LogP contribution is -2.44. The van der Waals surface area contributed by atoms with E-state index in [-0.39, 0.29) is 30.0 Å². The van der Waals surface area contributed by atoms with Crippen molar-refractivity contribution in [1.82, 2.24) is 9.80 Å². The Balaban J connectivity index is 1.45. The molecule has 1 unspecified atom stereocenters. The van der Waals surface area contributed by atoms with Crippen LogP contribution < -0.4 is 0 Å². The van der Waals surface area contributed by atoms with E-state index in [4.69, 9.17) is 9.47 Å². The molecule has 0 aliphatic carbocycles. The molecule has 3 rings (SSSR count). The average Bonchev–Trinajstić information content (AvgIpc) is 2.98. The number of halogens is 1. The van der Waals surface area contributed by atoms with Crippen LogP contribution in [0.5, 0.6) is 0 Å². The van der Waals surface area contributed by atoms with E-state index in [1.54, 1.807) is 26.2 Å². The third-order valence-corrected chi connectivity index (χ3v) is 5.18. The largest absolute Gasteiger partial charge is 0.372 e. The Morgan fingerprint density at radius 1 is 1.40 bits per heavy atom. The molecule has 2 heterocycles. The van der Waals surface area contributed by atoms with Crippen molar-refractivity contribution in [2.75, 3.05) is 40.4 Å². The van der Waals surface area contributed by atoms with E-state index >= 15 is 0 Å². The van der Waals surface area contributed by atoms with Crippen molar-refractivity contribution in [3.05, 3.63) is 35.6 Å². The van der Waals surface area contributed by atoms with E-state index in [1.807, 2.05) is 6.07 Å². The zero-order valence-electron chi connectivity index (χ0n) is 15.0. The van der Waals surface area contributed by atoms with Crippen LogP contribution in [0, 0.1) is 5.82 Å². The summed E-state index contributed by atoms with van der Waals surface area (Å²) in [5, 5.41) is 0. The zero-order chi connectivity index (χ0) is 17.9. The van der Waals surface area contributed by atoms with Crippen molar-refractivity contribution in [3.63, 3.8) is 0 Å². The van der Waals surface area contributed by atoms with E-state index in [0.717, 1.165) is 44.5 Å². The summed E-state index contributed by atoms with van der Waals surface area (Å²) in [7, 11) is 3.46. The van der Waals surface area contributed by atoms with Gasteiger partial charge in [-0.3, -0.25) is 9.69 Å². The Morgan fingerprint density at radius 3 is 2.84 bits per heavy atom. The first kappa shape index (κ1) is 18.3. The molecule has 1 spiro atoms. The second kappa shape index (κ2) is 7.81. The second-order valence-corrected chi connectivity index (χ2v) is 7.33. The van der Waals surface area contributed by atoms with Crippen LogP contribution in [0.2, 0.25) is 0 Å². The average molecular weight is 350 g/mol. The molecule has 138 valence electrons. The summed E-state index contributed by atoms with van der Waals surface area (Å²) < 4.78 is 25.1. The summed E-state index contributed by atoms with van der Waals surface area (Å²) in [6.07, 6.45) is 2.74. The highest BCUT2D eigenvalue weighted by Gasteiger charge is 2.43. The van der Waals surface area contributed by atoms with Crippen molar-refractivity contribution < 1.29 is 18.7 Å². The number of benzene rings is 1. The number of hydrogen-bond acceptors (Lipinski definition) is 4. The van der Waals surface area contributed by atoms with E-state index in [9.17, 15) is 9.18 Å². The number of amides is 1. The molecule has 1 atom stereocenters. The molecule has 0 aromatic heterocycles. The monoisotopic (exact) mass is 350 g/mol. The lowest BCUT2D eigenvalue weighted by Gasteiger charge is -2.38. The van der Waals surface area contributed by atoms with Gasteiger partial charge in [-0.2, -0.15) is 0 Å². The number of nitrogens with zero attached hydrogens (tertiary/aromatic N) is 2. The van der Waals surface area contributed by atoms with E-state index < -0.39 is 0 Å². The Labute approximate surface area is 148 Å². The number of hydrogen-bond donors (Lipinski definition) is 0. The summed E-state index contributed by atoms with van der Waals surface area (Å²) in [6, 6.07) is 6.79. The number of piperidine rings is 1. The third kappa shape index (κ3) is 4.77. The fourth-order valence-corrected chi connectivity index (χ4v) is 3.59. The van der Waals surface area contributed by atoms with Crippen LogP contribution in [0.25, 0.3) is 0 Å². The maximum Gasteiger partial charge on any atom is 0.248 e. The summed E-state index contributed by atoms with van der Waals surface area (Å²) in [6.45, 7) is 3.30. The van der Waals surface area contributed by atoms with Gasteiger partial charge in [0, 0.05) is 40.2 Å². The van der Waals surface area contributed by atoms with Crippen LogP contribution in [0.15, 0.2) is 24.3 Å². The molecule has 0 bridgehead atoms. The van der Waals surface area contributed by atoms with Gasteiger partial charge in [-0.1, -0.05) is 12.1 Å². The summed E-state index contributed by atoms with van der Waals surface area (Å²) in [5.41, 5.74) is 0.885. The summed E-state index contributed by atoms with van der Waals surface area (Å²) >= 11 is 0. The smallest absolute Gasteiger partial charge is 0.248 e. The first-order valence-corrected chi connectivity index (χ1v) is 8.88. The van der Waals surface area contributed by atoms with Gasteiger partial charge in [0.15, 0.2) is 0 Å². The van der Waals surface area contributed by atoms with Crippen LogP contribution in [0.4, 0.5) is 4.39 Å². The molecular weight excluding hydrogens is 323 g/mol. The molecule has 1 aromatic rings. The van der Waals surface area contributed by atoms with Crippen molar-refractivity contribution >= 4 is 5.91 Å². The predicted molar refractivity (Wildman–Crippen MR) is 92.6 cm³/mol. The molecule has 0 radical (unpaired) electrons. The lowest BCUT2D eigenvalue weighted by atomic mass is 9.88. The van der Waals surface area contributed by atoms with Gasteiger partial charge in [0.05, 0.1) is 18.3 Å². The number of ether oxygens (including phenoxy) is 2. The Bertz CT molecular complexity index is 600. The number of rotatable bonds is 5. The molecule has 25 heavy (non-hydrogen) atoms. The number of likely N-dealkylation sites (tertiary alicyclic amines) is 1. The molecule has 1 amide bonds. The molecule has 0 N–H and O–H groups in total. The maximum atomic E-state index is 13.3. The van der Waals surface area contributed by atoms with Gasteiger partial charge >= 0.3 is 0 Å². The van der Waals surface area contributed by atoms with Gasteiger partial charge in [-0.25, -0.2) is 4.39 Å². The molecule has 2 fully saturated rings. The predicted octanol–water partition coefficient (Wildman–Crippen LogP) is 2.05. The number of carbonyl (C=O) groups excluding carboxylic acids is 1. The lowest BCUT2D eigenvalue weighted by molar-refractivity contribution is -0.135. The van der Waals surface area contributed by atoms with Gasteiger partial charge in [-0.05, 0) is 30.5 Å². The molecule has 2 aliphatic rings. The second-order valence-electron chi connectivity index (χ2n) is 7.33. The van der Waals surface area contributed by atoms with Crippen LogP contribution in [0.3, 0.4) is 0 Å². The highest BCUT2D eigenvalue weighted by molar-refractivity contribution is 5.76. The quantitative estimate of drug-likeness (QED) is 0.815. The maximum absolute atomic E-state index is 13.3. The summed E-state index contributed by atoms with van der Waals surface area (Å²) in [4.78, 5) is 15.5. The molecular formula is C19H27FN2O3. The molecule has 2 saturated heterocycles. The highest BCUT2D eigenvalue weighted by Crippen LogP contribution is 2.37. The molecule has 5 nitrogen and oxygen atoms in total. The van der Waals surface area contributed by atoms with Crippen LogP contribution in [-0.4, -0.2) is 67.8 Å². The Morgan fingerprint density at radius 2 is 2.16 bits per heavy atom. The van der Waals surface area contributed by atoms with E-state index in [2.05, 4.69) is 4.90 Å². The van der Waals surface area contributed by atoms with Gasteiger partial charge < -0.3 is 14.4 Å².